The number of rotatable bonds is 2. The van der Waals surface area contributed by atoms with E-state index in [0.717, 1.165) is 25.0 Å². The lowest BCUT2D eigenvalue weighted by Gasteiger charge is -2.20. The van der Waals surface area contributed by atoms with Crippen LogP contribution in [-0.4, -0.2) is 13.2 Å². The summed E-state index contributed by atoms with van der Waals surface area (Å²) in [5.41, 5.74) is 9.95. The largest absolute Gasteiger partial charge is 0.497 e. The SMILES string of the molecule is COc1ccc(C2=CCC(N)CC2)c(C)c1. The molecule has 16 heavy (non-hydrogen) atoms. The van der Waals surface area contributed by atoms with Gasteiger partial charge in [0, 0.05) is 6.04 Å². The Morgan fingerprint density at radius 1 is 1.38 bits per heavy atom. The van der Waals surface area contributed by atoms with Crippen molar-refractivity contribution in [2.75, 3.05) is 7.11 Å². The summed E-state index contributed by atoms with van der Waals surface area (Å²) in [6.45, 7) is 2.13. The number of hydrogen-bond acceptors (Lipinski definition) is 2. The molecule has 0 saturated carbocycles. The predicted octanol–water partition coefficient (Wildman–Crippen LogP) is 2.90. The van der Waals surface area contributed by atoms with Gasteiger partial charge in [-0.15, -0.1) is 0 Å². The summed E-state index contributed by atoms with van der Waals surface area (Å²) < 4.78 is 5.21. The lowest BCUT2D eigenvalue weighted by Crippen LogP contribution is -2.21. The topological polar surface area (TPSA) is 35.2 Å². The molecule has 0 saturated heterocycles. The molecule has 2 rings (SSSR count). The molecule has 0 amide bonds. The number of hydrogen-bond donors (Lipinski definition) is 1. The van der Waals surface area contributed by atoms with E-state index in [-0.39, 0.29) is 0 Å². The third-order valence-electron chi connectivity index (χ3n) is 3.23. The van der Waals surface area contributed by atoms with Gasteiger partial charge in [-0.25, -0.2) is 0 Å². The van der Waals surface area contributed by atoms with Crippen molar-refractivity contribution in [3.63, 3.8) is 0 Å². The lowest BCUT2D eigenvalue weighted by molar-refractivity contribution is 0.414. The van der Waals surface area contributed by atoms with Crippen LogP contribution in [0.4, 0.5) is 0 Å². The fraction of sp³-hybridized carbons (Fsp3) is 0.429. The zero-order valence-corrected chi connectivity index (χ0v) is 9.99. The highest BCUT2D eigenvalue weighted by atomic mass is 16.5. The molecule has 0 heterocycles. The molecule has 0 aromatic heterocycles. The first-order valence-electron chi connectivity index (χ1n) is 5.80. The number of allylic oxidation sites excluding steroid dienone is 1. The van der Waals surface area contributed by atoms with E-state index >= 15 is 0 Å². The van der Waals surface area contributed by atoms with E-state index in [1.165, 1.54) is 16.7 Å². The van der Waals surface area contributed by atoms with Gasteiger partial charge >= 0.3 is 0 Å². The summed E-state index contributed by atoms with van der Waals surface area (Å²) in [6, 6.07) is 6.61. The fourth-order valence-electron chi connectivity index (χ4n) is 2.22. The van der Waals surface area contributed by atoms with Crippen LogP contribution >= 0.6 is 0 Å². The van der Waals surface area contributed by atoms with Gasteiger partial charge in [0.05, 0.1) is 7.11 Å². The van der Waals surface area contributed by atoms with Gasteiger partial charge in [-0.2, -0.15) is 0 Å². The second kappa shape index (κ2) is 4.71. The van der Waals surface area contributed by atoms with Crippen LogP contribution in [-0.2, 0) is 0 Å². The maximum atomic E-state index is 5.89. The van der Waals surface area contributed by atoms with E-state index in [0.29, 0.717) is 6.04 Å². The Morgan fingerprint density at radius 3 is 2.75 bits per heavy atom. The molecule has 0 aliphatic heterocycles. The Morgan fingerprint density at radius 2 is 2.19 bits per heavy atom. The summed E-state index contributed by atoms with van der Waals surface area (Å²) in [5.74, 6) is 0.925. The van der Waals surface area contributed by atoms with Crippen LogP contribution < -0.4 is 10.5 Å². The zero-order chi connectivity index (χ0) is 11.5. The van der Waals surface area contributed by atoms with Crippen LogP contribution in [0.3, 0.4) is 0 Å². The Kier molecular flexibility index (Phi) is 3.30. The summed E-state index contributed by atoms with van der Waals surface area (Å²) in [4.78, 5) is 0. The molecule has 86 valence electrons. The number of aryl methyl sites for hydroxylation is 1. The smallest absolute Gasteiger partial charge is 0.119 e. The first-order valence-corrected chi connectivity index (χ1v) is 5.80. The average molecular weight is 217 g/mol. The summed E-state index contributed by atoms with van der Waals surface area (Å²) >= 11 is 0. The maximum Gasteiger partial charge on any atom is 0.119 e. The van der Waals surface area contributed by atoms with Crippen LogP contribution in [0, 0.1) is 6.92 Å². The van der Waals surface area contributed by atoms with E-state index in [4.69, 9.17) is 10.5 Å². The van der Waals surface area contributed by atoms with E-state index < -0.39 is 0 Å². The molecular weight excluding hydrogens is 198 g/mol. The number of nitrogens with two attached hydrogens (primary N) is 1. The highest BCUT2D eigenvalue weighted by Gasteiger charge is 2.13. The molecule has 0 spiro atoms. The van der Waals surface area contributed by atoms with Crippen molar-refractivity contribution in [1.29, 1.82) is 0 Å². The molecule has 1 aromatic carbocycles. The summed E-state index contributed by atoms with van der Waals surface area (Å²) in [7, 11) is 1.70. The molecule has 1 unspecified atom stereocenters. The molecule has 1 aliphatic carbocycles. The van der Waals surface area contributed by atoms with Crippen molar-refractivity contribution in [2.45, 2.75) is 32.2 Å². The number of ether oxygens (including phenoxy) is 1. The van der Waals surface area contributed by atoms with Crippen molar-refractivity contribution < 1.29 is 4.74 Å². The van der Waals surface area contributed by atoms with E-state index in [1.807, 2.05) is 6.07 Å². The first kappa shape index (κ1) is 11.2. The minimum Gasteiger partial charge on any atom is -0.497 e. The highest BCUT2D eigenvalue weighted by Crippen LogP contribution is 2.30. The van der Waals surface area contributed by atoms with Crippen molar-refractivity contribution in [2.24, 2.45) is 5.73 Å². The second-order valence-electron chi connectivity index (χ2n) is 4.44. The second-order valence-corrected chi connectivity index (χ2v) is 4.44. The Hall–Kier alpha value is -1.28. The molecule has 1 aliphatic rings. The van der Waals surface area contributed by atoms with E-state index in [9.17, 15) is 0 Å². The molecule has 2 N–H and O–H groups in total. The van der Waals surface area contributed by atoms with Crippen molar-refractivity contribution in [1.82, 2.24) is 0 Å². The molecule has 0 bridgehead atoms. The van der Waals surface area contributed by atoms with Gasteiger partial charge in [-0.1, -0.05) is 12.1 Å². The van der Waals surface area contributed by atoms with E-state index in [2.05, 4.69) is 25.1 Å². The molecule has 1 aromatic rings. The van der Waals surface area contributed by atoms with Gasteiger partial charge in [-0.3, -0.25) is 0 Å². The van der Waals surface area contributed by atoms with Crippen LogP contribution in [0.5, 0.6) is 5.75 Å². The van der Waals surface area contributed by atoms with Crippen LogP contribution in [0.15, 0.2) is 24.3 Å². The van der Waals surface area contributed by atoms with Gasteiger partial charge in [0.2, 0.25) is 0 Å². The minimum atomic E-state index is 0.349. The number of benzene rings is 1. The Labute approximate surface area is 97.1 Å². The van der Waals surface area contributed by atoms with E-state index in [1.54, 1.807) is 7.11 Å². The predicted molar refractivity (Wildman–Crippen MR) is 67.5 cm³/mol. The van der Waals surface area contributed by atoms with Crippen molar-refractivity contribution in [3.8, 4) is 5.75 Å². The van der Waals surface area contributed by atoms with Gasteiger partial charge in [0.25, 0.3) is 0 Å². The molecule has 2 heteroatoms. The standard InChI is InChI=1S/C14H19NO/c1-10-9-13(16-2)7-8-14(10)11-3-5-12(15)6-4-11/h3,7-9,12H,4-6,15H2,1-2H3. The van der Waals surface area contributed by atoms with Gasteiger partial charge in [0.15, 0.2) is 0 Å². The fourth-order valence-corrected chi connectivity index (χ4v) is 2.22. The summed E-state index contributed by atoms with van der Waals surface area (Å²) in [6.07, 6.45) is 5.47. The highest BCUT2D eigenvalue weighted by molar-refractivity contribution is 5.69. The first-order chi connectivity index (χ1) is 7.70. The minimum absolute atomic E-state index is 0.349. The third-order valence-corrected chi connectivity index (χ3v) is 3.23. The average Bonchev–Trinajstić information content (AvgIpc) is 2.30. The Balaban J connectivity index is 2.27. The van der Waals surface area contributed by atoms with Gasteiger partial charge < -0.3 is 10.5 Å². The molecule has 0 radical (unpaired) electrons. The third kappa shape index (κ3) is 2.27. The normalized spacial score (nSPS) is 20.4. The molecule has 0 fully saturated rings. The quantitative estimate of drug-likeness (QED) is 0.826. The van der Waals surface area contributed by atoms with Gasteiger partial charge in [-0.05, 0) is 55.0 Å². The van der Waals surface area contributed by atoms with Crippen LogP contribution in [0.1, 0.15) is 30.4 Å². The van der Waals surface area contributed by atoms with Crippen molar-refractivity contribution in [3.05, 3.63) is 35.4 Å². The molecular formula is C14H19NO. The van der Waals surface area contributed by atoms with Crippen molar-refractivity contribution >= 4 is 5.57 Å². The molecule has 1 atom stereocenters. The monoisotopic (exact) mass is 217 g/mol. The van der Waals surface area contributed by atoms with Gasteiger partial charge in [0.1, 0.15) is 5.75 Å². The maximum absolute atomic E-state index is 5.89. The number of methoxy groups -OCH3 is 1. The lowest BCUT2D eigenvalue weighted by atomic mass is 9.89. The Bertz CT molecular complexity index is 409. The summed E-state index contributed by atoms with van der Waals surface area (Å²) in [5, 5.41) is 0. The van der Waals surface area contributed by atoms with Crippen LogP contribution in [0.25, 0.3) is 5.57 Å². The zero-order valence-electron chi connectivity index (χ0n) is 9.99. The van der Waals surface area contributed by atoms with Crippen LogP contribution in [0.2, 0.25) is 0 Å². The molecule has 2 nitrogen and oxygen atoms in total.